The third-order valence-corrected chi connectivity index (χ3v) is 5.23. The Bertz CT molecular complexity index is 1090. The van der Waals surface area contributed by atoms with Gasteiger partial charge in [-0.2, -0.15) is 0 Å². The second-order valence-electron chi connectivity index (χ2n) is 7.34. The summed E-state index contributed by atoms with van der Waals surface area (Å²) in [6.07, 6.45) is 1.42. The summed E-state index contributed by atoms with van der Waals surface area (Å²) >= 11 is 0. The van der Waals surface area contributed by atoms with Crippen LogP contribution in [0.4, 0.5) is 4.39 Å². The smallest absolute Gasteiger partial charge is 0.123 e. The van der Waals surface area contributed by atoms with Crippen LogP contribution in [-0.4, -0.2) is 29.4 Å². The van der Waals surface area contributed by atoms with E-state index in [4.69, 9.17) is 4.74 Å². The lowest BCUT2D eigenvalue weighted by atomic mass is 10.0. The number of ether oxygens (including phenoxy) is 1. The molecule has 0 amide bonds. The SMILES string of the molecule is CNC[C@@H](O)[C@H](c1ccccc1)n1ccc2cc(OCc3ccc(F)cc3)ccc21. The summed E-state index contributed by atoms with van der Waals surface area (Å²) in [5.41, 5.74) is 2.98. The fraction of sp³-hybridized carbons (Fsp3) is 0.200. The van der Waals surface area contributed by atoms with Gasteiger partial charge >= 0.3 is 0 Å². The molecule has 0 aliphatic rings. The fourth-order valence-electron chi connectivity index (χ4n) is 3.76. The molecule has 0 saturated heterocycles. The molecule has 2 N–H and O–H groups in total. The highest BCUT2D eigenvalue weighted by molar-refractivity contribution is 5.82. The van der Waals surface area contributed by atoms with Crippen LogP contribution < -0.4 is 10.1 Å². The van der Waals surface area contributed by atoms with E-state index < -0.39 is 6.10 Å². The maximum Gasteiger partial charge on any atom is 0.123 e. The van der Waals surface area contributed by atoms with E-state index in [1.54, 1.807) is 12.1 Å². The molecule has 4 aromatic rings. The summed E-state index contributed by atoms with van der Waals surface area (Å²) < 4.78 is 21.1. The van der Waals surface area contributed by atoms with Crippen LogP contribution in [0.5, 0.6) is 5.75 Å². The summed E-state index contributed by atoms with van der Waals surface area (Å²) in [4.78, 5) is 0. The number of benzene rings is 3. The number of aliphatic hydroxyl groups excluding tert-OH is 1. The lowest BCUT2D eigenvalue weighted by molar-refractivity contribution is 0.132. The van der Waals surface area contributed by atoms with Crippen molar-refractivity contribution < 1.29 is 14.2 Å². The molecular weight excluding hydrogens is 379 g/mol. The molecule has 0 unspecified atom stereocenters. The molecule has 1 heterocycles. The Labute approximate surface area is 175 Å². The van der Waals surface area contributed by atoms with Crippen molar-refractivity contribution in [2.75, 3.05) is 13.6 Å². The second-order valence-corrected chi connectivity index (χ2v) is 7.34. The van der Waals surface area contributed by atoms with Crippen LogP contribution in [0.3, 0.4) is 0 Å². The van der Waals surface area contributed by atoms with E-state index in [0.29, 0.717) is 13.2 Å². The van der Waals surface area contributed by atoms with Gasteiger partial charge in [0.15, 0.2) is 0 Å². The largest absolute Gasteiger partial charge is 0.489 e. The zero-order valence-corrected chi connectivity index (χ0v) is 16.8. The van der Waals surface area contributed by atoms with Gasteiger partial charge in [-0.1, -0.05) is 42.5 Å². The summed E-state index contributed by atoms with van der Waals surface area (Å²) in [5.74, 6) is 0.492. The summed E-state index contributed by atoms with van der Waals surface area (Å²) in [5, 5.41) is 14.9. The monoisotopic (exact) mass is 404 g/mol. The number of likely N-dealkylation sites (N-methyl/N-ethyl adjacent to an activating group) is 1. The van der Waals surface area contributed by atoms with Gasteiger partial charge in [0, 0.05) is 23.6 Å². The molecule has 0 spiro atoms. The van der Waals surface area contributed by atoms with Crippen LogP contribution in [0, 0.1) is 5.82 Å². The van der Waals surface area contributed by atoms with Crippen molar-refractivity contribution in [3.63, 3.8) is 0 Å². The lowest BCUT2D eigenvalue weighted by Crippen LogP contribution is -2.33. The Hall–Kier alpha value is -3.15. The van der Waals surface area contributed by atoms with E-state index in [1.165, 1.54) is 12.1 Å². The van der Waals surface area contributed by atoms with Gasteiger partial charge in [0.05, 0.1) is 12.1 Å². The third-order valence-electron chi connectivity index (χ3n) is 5.23. The van der Waals surface area contributed by atoms with Crippen LogP contribution in [0.15, 0.2) is 85.1 Å². The quantitative estimate of drug-likeness (QED) is 0.454. The molecule has 0 fully saturated rings. The highest BCUT2D eigenvalue weighted by Gasteiger charge is 2.23. The average molecular weight is 404 g/mol. The van der Waals surface area contributed by atoms with Crippen LogP contribution >= 0.6 is 0 Å². The Morgan fingerprint density at radius 3 is 2.50 bits per heavy atom. The minimum Gasteiger partial charge on any atom is -0.489 e. The van der Waals surface area contributed by atoms with Gasteiger partial charge in [-0.05, 0) is 54.6 Å². The number of nitrogens with zero attached hydrogens (tertiary/aromatic N) is 1. The van der Waals surface area contributed by atoms with E-state index in [-0.39, 0.29) is 11.9 Å². The molecule has 3 aromatic carbocycles. The fourth-order valence-corrected chi connectivity index (χ4v) is 3.76. The predicted octanol–water partition coefficient (Wildman–Crippen LogP) is 4.53. The maximum absolute atomic E-state index is 13.1. The molecule has 4 rings (SSSR count). The van der Waals surface area contributed by atoms with Gasteiger partial charge in [-0.15, -0.1) is 0 Å². The van der Waals surface area contributed by atoms with Crippen LogP contribution in [0.1, 0.15) is 17.2 Å². The Morgan fingerprint density at radius 2 is 1.77 bits per heavy atom. The zero-order chi connectivity index (χ0) is 20.9. The number of fused-ring (bicyclic) bond motifs is 1. The van der Waals surface area contributed by atoms with E-state index in [0.717, 1.165) is 27.8 Å². The van der Waals surface area contributed by atoms with E-state index in [1.807, 2.05) is 67.8 Å². The highest BCUT2D eigenvalue weighted by Crippen LogP contribution is 2.30. The summed E-state index contributed by atoms with van der Waals surface area (Å²) in [7, 11) is 1.84. The average Bonchev–Trinajstić information content (AvgIpc) is 3.17. The molecule has 30 heavy (non-hydrogen) atoms. The minimum atomic E-state index is -0.581. The molecule has 4 nitrogen and oxygen atoms in total. The normalized spacial score (nSPS) is 13.3. The van der Waals surface area contributed by atoms with Crippen molar-refractivity contribution in [3.05, 3.63) is 102 Å². The Kier molecular flexibility index (Phi) is 6.12. The van der Waals surface area contributed by atoms with Gasteiger partial charge in [0.1, 0.15) is 18.2 Å². The number of hydrogen-bond donors (Lipinski definition) is 2. The van der Waals surface area contributed by atoms with Gasteiger partial charge in [-0.25, -0.2) is 4.39 Å². The summed E-state index contributed by atoms with van der Waals surface area (Å²) in [6, 6.07) is 24.1. The zero-order valence-electron chi connectivity index (χ0n) is 16.8. The first-order valence-corrected chi connectivity index (χ1v) is 10.0. The molecule has 0 aliphatic heterocycles. The van der Waals surface area contributed by atoms with E-state index in [9.17, 15) is 9.50 Å². The molecule has 0 bridgehead atoms. The standard InChI is InChI=1S/C25H25FN2O2/c1-27-16-24(29)25(19-5-3-2-4-6-19)28-14-13-20-15-22(11-12-23(20)28)30-17-18-7-9-21(26)10-8-18/h2-15,24-25,27,29H,16-17H2,1H3/t24-,25+/m1/s1. The van der Waals surface area contributed by atoms with E-state index >= 15 is 0 Å². The molecule has 5 heteroatoms. The lowest BCUT2D eigenvalue weighted by Gasteiger charge is -2.26. The number of nitrogens with one attached hydrogen (secondary N) is 1. The minimum absolute atomic E-state index is 0.206. The topological polar surface area (TPSA) is 46.4 Å². The Balaban J connectivity index is 1.60. The first kappa shape index (κ1) is 20.1. The number of halogens is 1. The molecule has 2 atom stereocenters. The molecule has 0 aliphatic carbocycles. The molecule has 0 radical (unpaired) electrons. The Morgan fingerprint density at radius 1 is 1.00 bits per heavy atom. The molecule has 0 saturated carbocycles. The highest BCUT2D eigenvalue weighted by atomic mass is 19.1. The number of hydrogen-bond acceptors (Lipinski definition) is 3. The van der Waals surface area contributed by atoms with Crippen molar-refractivity contribution in [1.29, 1.82) is 0 Å². The summed E-state index contributed by atoms with van der Waals surface area (Å²) in [6.45, 7) is 0.859. The molecule has 154 valence electrons. The van der Waals surface area contributed by atoms with Crippen molar-refractivity contribution in [1.82, 2.24) is 9.88 Å². The van der Waals surface area contributed by atoms with Crippen LogP contribution in [0.2, 0.25) is 0 Å². The first-order valence-electron chi connectivity index (χ1n) is 10.0. The predicted molar refractivity (Wildman–Crippen MR) is 117 cm³/mol. The van der Waals surface area contributed by atoms with Gasteiger partial charge in [-0.3, -0.25) is 0 Å². The molecular formula is C25H25FN2O2. The number of aliphatic hydroxyl groups is 1. The van der Waals surface area contributed by atoms with Gasteiger partial charge in [0.25, 0.3) is 0 Å². The number of rotatable bonds is 8. The van der Waals surface area contributed by atoms with Crippen molar-refractivity contribution in [3.8, 4) is 5.75 Å². The maximum atomic E-state index is 13.1. The van der Waals surface area contributed by atoms with Crippen LogP contribution in [0.25, 0.3) is 10.9 Å². The molecule has 1 aromatic heterocycles. The van der Waals surface area contributed by atoms with Crippen molar-refractivity contribution in [2.24, 2.45) is 0 Å². The van der Waals surface area contributed by atoms with Crippen LogP contribution in [-0.2, 0) is 6.61 Å². The third kappa shape index (κ3) is 4.37. The first-order chi connectivity index (χ1) is 14.7. The van der Waals surface area contributed by atoms with Gasteiger partial charge in [0.2, 0.25) is 0 Å². The van der Waals surface area contributed by atoms with Crippen molar-refractivity contribution >= 4 is 10.9 Å². The second kappa shape index (κ2) is 9.11. The van der Waals surface area contributed by atoms with E-state index in [2.05, 4.69) is 9.88 Å². The number of aromatic nitrogens is 1. The van der Waals surface area contributed by atoms with Gasteiger partial charge < -0.3 is 19.7 Å². The van der Waals surface area contributed by atoms with Crippen molar-refractivity contribution in [2.45, 2.75) is 18.8 Å².